The van der Waals surface area contributed by atoms with Crippen LogP contribution >= 0.6 is 0 Å². The Kier molecular flexibility index (Phi) is 4.05. The van der Waals surface area contributed by atoms with Crippen molar-refractivity contribution in [1.82, 2.24) is 0 Å². The normalized spacial score (nSPS) is 20.3. The Labute approximate surface area is 109 Å². The minimum Gasteiger partial charge on any atom is -0.466 e. The lowest BCUT2D eigenvalue weighted by atomic mass is 9.78. The zero-order valence-corrected chi connectivity index (χ0v) is 11.6. The maximum absolute atomic E-state index is 12.6. The molecule has 4 nitrogen and oxygen atoms in total. The van der Waals surface area contributed by atoms with E-state index in [1.165, 1.54) is 0 Å². The molecular formula is C11H15F3O4S. The van der Waals surface area contributed by atoms with Gasteiger partial charge >= 0.3 is 11.5 Å². The summed E-state index contributed by atoms with van der Waals surface area (Å²) in [4.78, 5) is 10.6. The monoisotopic (exact) mass is 300 g/mol. The molecule has 8 heteroatoms. The summed E-state index contributed by atoms with van der Waals surface area (Å²) in [5.74, 6) is -1.02. The zero-order valence-electron chi connectivity index (χ0n) is 10.8. The van der Waals surface area contributed by atoms with Crippen molar-refractivity contribution in [3.05, 3.63) is 10.5 Å². The van der Waals surface area contributed by atoms with Crippen molar-refractivity contribution in [3.8, 4) is 0 Å². The van der Waals surface area contributed by atoms with Crippen molar-refractivity contribution < 1.29 is 31.1 Å². The molecule has 1 rings (SSSR count). The van der Waals surface area contributed by atoms with Crippen LogP contribution < -0.4 is 0 Å². The molecule has 1 aliphatic rings. The standard InChI is InChI=1S/C11H15F3O4S/c1-10(2)5-4-7(9(15)18-3)8(6-10)19(16,17)11(12,13)14/h4-6H2,1-3H3. The zero-order chi connectivity index (χ0) is 15.1. The number of halogens is 3. The van der Waals surface area contributed by atoms with Crippen LogP contribution in [0.2, 0.25) is 0 Å². The molecule has 0 saturated heterocycles. The number of esters is 1. The number of allylic oxidation sites excluding steroid dienone is 1. The first kappa shape index (κ1) is 16.0. The maximum Gasteiger partial charge on any atom is 0.501 e. The van der Waals surface area contributed by atoms with Crippen LogP contribution in [0.4, 0.5) is 13.2 Å². The lowest BCUT2D eigenvalue weighted by molar-refractivity contribution is -0.136. The second-order valence-corrected chi connectivity index (χ2v) is 7.15. The van der Waals surface area contributed by atoms with Crippen molar-refractivity contribution >= 4 is 15.8 Å². The van der Waals surface area contributed by atoms with Crippen molar-refractivity contribution in [2.24, 2.45) is 5.41 Å². The fourth-order valence-corrected chi connectivity index (χ4v) is 3.34. The molecular weight excluding hydrogens is 285 g/mol. The van der Waals surface area contributed by atoms with Gasteiger partial charge in [0.2, 0.25) is 0 Å². The molecule has 0 aromatic heterocycles. The molecule has 1 aliphatic carbocycles. The Balaban J connectivity index is 3.45. The number of ether oxygens (including phenoxy) is 1. The number of carbonyl (C=O) groups excluding carboxylic acids is 1. The van der Waals surface area contributed by atoms with E-state index in [9.17, 15) is 26.4 Å². The molecule has 0 aromatic rings. The summed E-state index contributed by atoms with van der Waals surface area (Å²) in [6.45, 7) is 3.32. The molecule has 0 N–H and O–H groups in total. The van der Waals surface area contributed by atoms with Gasteiger partial charge in [0.05, 0.1) is 17.6 Å². The summed E-state index contributed by atoms with van der Waals surface area (Å²) in [6, 6.07) is 0. The lowest BCUT2D eigenvalue weighted by Gasteiger charge is -2.32. The van der Waals surface area contributed by atoms with Crippen LogP contribution in [0, 0.1) is 5.41 Å². The molecule has 0 fully saturated rings. The van der Waals surface area contributed by atoms with E-state index in [2.05, 4.69) is 4.74 Å². The van der Waals surface area contributed by atoms with Crippen LogP contribution in [0.3, 0.4) is 0 Å². The number of sulfone groups is 1. The van der Waals surface area contributed by atoms with Crippen LogP contribution in [0.1, 0.15) is 33.1 Å². The van der Waals surface area contributed by atoms with Crippen LogP contribution in [0.25, 0.3) is 0 Å². The molecule has 0 aromatic carbocycles. The molecule has 0 saturated carbocycles. The van der Waals surface area contributed by atoms with Crippen LogP contribution in [-0.2, 0) is 19.4 Å². The summed E-state index contributed by atoms with van der Waals surface area (Å²) in [7, 11) is -4.49. The highest BCUT2D eigenvalue weighted by atomic mass is 32.2. The third-order valence-electron chi connectivity index (χ3n) is 3.09. The van der Waals surface area contributed by atoms with E-state index < -0.39 is 31.6 Å². The minimum absolute atomic E-state index is 0.0374. The number of methoxy groups -OCH3 is 1. The highest BCUT2D eigenvalue weighted by molar-refractivity contribution is 7.96. The number of hydrogen-bond donors (Lipinski definition) is 0. The molecule has 0 unspecified atom stereocenters. The van der Waals surface area contributed by atoms with E-state index in [4.69, 9.17) is 0 Å². The first-order valence-electron chi connectivity index (χ1n) is 5.54. The second kappa shape index (κ2) is 4.81. The van der Waals surface area contributed by atoms with Gasteiger partial charge in [0.25, 0.3) is 9.84 Å². The van der Waals surface area contributed by atoms with Gasteiger partial charge in [-0.1, -0.05) is 13.8 Å². The first-order valence-corrected chi connectivity index (χ1v) is 7.02. The quantitative estimate of drug-likeness (QED) is 0.735. The second-order valence-electron chi connectivity index (χ2n) is 5.18. The summed E-state index contributed by atoms with van der Waals surface area (Å²) in [5, 5.41) is 0. The highest BCUT2D eigenvalue weighted by Gasteiger charge is 2.51. The smallest absolute Gasteiger partial charge is 0.466 e. The molecule has 19 heavy (non-hydrogen) atoms. The number of rotatable bonds is 2. The molecule has 110 valence electrons. The van der Waals surface area contributed by atoms with Gasteiger partial charge < -0.3 is 4.74 Å². The topological polar surface area (TPSA) is 60.4 Å². The SMILES string of the molecule is COC(=O)C1=C(S(=O)(=O)C(F)(F)F)CC(C)(C)CC1. The lowest BCUT2D eigenvalue weighted by Crippen LogP contribution is -2.32. The number of carbonyl (C=O) groups is 1. The number of hydrogen-bond acceptors (Lipinski definition) is 4. The van der Waals surface area contributed by atoms with Gasteiger partial charge in [-0.15, -0.1) is 0 Å². The van der Waals surface area contributed by atoms with E-state index in [0.29, 0.717) is 6.42 Å². The summed E-state index contributed by atoms with van der Waals surface area (Å²) >= 11 is 0. The van der Waals surface area contributed by atoms with Gasteiger partial charge in [0, 0.05) is 0 Å². The fourth-order valence-electron chi connectivity index (χ4n) is 1.97. The molecule has 0 heterocycles. The Hall–Kier alpha value is -1.05. The molecule has 0 aliphatic heterocycles. The Morgan fingerprint density at radius 3 is 2.26 bits per heavy atom. The van der Waals surface area contributed by atoms with Crippen LogP contribution in [-0.4, -0.2) is 27.0 Å². The van der Waals surface area contributed by atoms with E-state index >= 15 is 0 Å². The Morgan fingerprint density at radius 1 is 1.32 bits per heavy atom. The van der Waals surface area contributed by atoms with Crippen molar-refractivity contribution in [3.63, 3.8) is 0 Å². The summed E-state index contributed by atoms with van der Waals surface area (Å²) in [6.07, 6.45) is 0.0674. The molecule has 0 bridgehead atoms. The third kappa shape index (κ3) is 3.10. The van der Waals surface area contributed by atoms with Crippen LogP contribution in [0.15, 0.2) is 10.5 Å². The predicted octanol–water partition coefficient (Wildman–Crippen LogP) is 2.56. The molecule has 0 radical (unpaired) electrons. The molecule has 0 spiro atoms. The van der Waals surface area contributed by atoms with Gasteiger partial charge in [0.15, 0.2) is 0 Å². The van der Waals surface area contributed by atoms with E-state index in [0.717, 1.165) is 7.11 Å². The fraction of sp³-hybridized carbons (Fsp3) is 0.727. The van der Waals surface area contributed by atoms with Gasteiger partial charge in [0.1, 0.15) is 0 Å². The Bertz CT molecular complexity index is 515. The summed E-state index contributed by atoms with van der Waals surface area (Å²) < 4.78 is 65.3. The van der Waals surface area contributed by atoms with E-state index in [1.807, 2.05) is 0 Å². The average Bonchev–Trinajstić information content (AvgIpc) is 2.25. The first-order chi connectivity index (χ1) is 8.42. The third-order valence-corrected chi connectivity index (χ3v) is 4.74. The molecule has 0 atom stereocenters. The predicted molar refractivity (Wildman–Crippen MR) is 61.6 cm³/mol. The summed E-state index contributed by atoms with van der Waals surface area (Å²) in [5.41, 5.74) is -6.40. The van der Waals surface area contributed by atoms with Gasteiger partial charge in [-0.3, -0.25) is 0 Å². The van der Waals surface area contributed by atoms with Gasteiger partial charge in [-0.2, -0.15) is 13.2 Å². The van der Waals surface area contributed by atoms with E-state index in [-0.39, 0.29) is 18.4 Å². The number of alkyl halides is 3. The van der Waals surface area contributed by atoms with Gasteiger partial charge in [-0.05, 0) is 24.7 Å². The molecule has 0 amide bonds. The van der Waals surface area contributed by atoms with Crippen molar-refractivity contribution in [1.29, 1.82) is 0 Å². The maximum atomic E-state index is 12.6. The van der Waals surface area contributed by atoms with Crippen molar-refractivity contribution in [2.45, 2.75) is 38.6 Å². The van der Waals surface area contributed by atoms with Crippen LogP contribution in [0.5, 0.6) is 0 Å². The Morgan fingerprint density at radius 2 is 1.84 bits per heavy atom. The van der Waals surface area contributed by atoms with Crippen molar-refractivity contribution in [2.75, 3.05) is 7.11 Å². The average molecular weight is 300 g/mol. The van der Waals surface area contributed by atoms with Gasteiger partial charge in [-0.25, -0.2) is 13.2 Å². The van der Waals surface area contributed by atoms with E-state index in [1.54, 1.807) is 13.8 Å². The largest absolute Gasteiger partial charge is 0.501 e. The highest BCUT2D eigenvalue weighted by Crippen LogP contribution is 2.44. The minimum atomic E-state index is -5.50.